The van der Waals surface area contributed by atoms with Crippen LogP contribution in [0.4, 0.5) is 10.1 Å². The van der Waals surface area contributed by atoms with E-state index in [2.05, 4.69) is 5.32 Å². The van der Waals surface area contributed by atoms with E-state index in [0.717, 1.165) is 53.1 Å². The Balaban J connectivity index is 1.58. The van der Waals surface area contributed by atoms with E-state index in [0.29, 0.717) is 5.02 Å². The number of amides is 2. The Morgan fingerprint density at radius 2 is 1.56 bits per heavy atom. The highest BCUT2D eigenvalue weighted by atomic mass is 35.5. The Hall–Kier alpha value is -4.21. The molecule has 5 rings (SSSR count). The Bertz CT molecular complexity index is 1830. The highest BCUT2D eigenvalue weighted by molar-refractivity contribution is 7.92. The highest BCUT2D eigenvalue weighted by Gasteiger charge is 2.36. The lowest BCUT2D eigenvalue weighted by atomic mass is 9.94. The molecule has 0 aliphatic heterocycles. The molecule has 10 heteroatoms. The van der Waals surface area contributed by atoms with Crippen LogP contribution in [0.1, 0.15) is 54.4 Å². The van der Waals surface area contributed by atoms with Gasteiger partial charge in [0.1, 0.15) is 18.4 Å². The second-order valence-corrected chi connectivity index (χ2v) is 14.7. The first-order valence-corrected chi connectivity index (χ1v) is 18.1. The van der Waals surface area contributed by atoms with E-state index >= 15 is 4.39 Å². The van der Waals surface area contributed by atoms with Gasteiger partial charge in [0.05, 0.1) is 10.6 Å². The number of benzene rings is 4. The van der Waals surface area contributed by atoms with Gasteiger partial charge in [0.15, 0.2) is 0 Å². The number of anilines is 1. The van der Waals surface area contributed by atoms with Crippen molar-refractivity contribution in [2.24, 2.45) is 0 Å². The molecule has 7 nitrogen and oxygen atoms in total. The monoisotopic (exact) mass is 689 g/mol. The van der Waals surface area contributed by atoms with E-state index < -0.39 is 34.3 Å². The van der Waals surface area contributed by atoms with Crippen LogP contribution in [0.2, 0.25) is 5.02 Å². The second kappa shape index (κ2) is 15.8. The molecule has 252 valence electrons. The minimum Gasteiger partial charge on any atom is -0.352 e. The number of aryl methyl sites for hydroxylation is 2. The van der Waals surface area contributed by atoms with Gasteiger partial charge >= 0.3 is 0 Å². The molecule has 1 fully saturated rings. The van der Waals surface area contributed by atoms with Gasteiger partial charge in [-0.15, -0.1) is 0 Å². The maximum absolute atomic E-state index is 15.2. The van der Waals surface area contributed by atoms with Crippen molar-refractivity contribution in [3.63, 3.8) is 0 Å². The van der Waals surface area contributed by atoms with Crippen molar-refractivity contribution >= 4 is 39.1 Å². The molecule has 4 aromatic rings. The maximum Gasteiger partial charge on any atom is 0.264 e. The Morgan fingerprint density at radius 3 is 2.23 bits per heavy atom. The van der Waals surface area contributed by atoms with E-state index in [4.69, 9.17) is 11.6 Å². The predicted molar refractivity (Wildman–Crippen MR) is 188 cm³/mol. The molecule has 2 amide bonds. The van der Waals surface area contributed by atoms with Gasteiger partial charge in [-0.05, 0) is 68.1 Å². The zero-order valence-electron chi connectivity index (χ0n) is 27.2. The van der Waals surface area contributed by atoms with E-state index in [1.54, 1.807) is 49.4 Å². The molecule has 1 N–H and O–H groups in total. The molecule has 0 aromatic heterocycles. The van der Waals surface area contributed by atoms with Crippen molar-refractivity contribution in [3.05, 3.63) is 130 Å². The van der Waals surface area contributed by atoms with Crippen molar-refractivity contribution in [1.29, 1.82) is 0 Å². The number of carbonyl (C=O) groups is 2. The third-order valence-electron chi connectivity index (χ3n) is 8.85. The van der Waals surface area contributed by atoms with Crippen LogP contribution in [-0.2, 0) is 32.6 Å². The van der Waals surface area contributed by atoms with Crippen LogP contribution in [-0.4, -0.2) is 43.8 Å². The minimum atomic E-state index is -4.29. The largest absolute Gasteiger partial charge is 0.352 e. The summed E-state index contributed by atoms with van der Waals surface area (Å²) < 4.78 is 44.7. The molecule has 1 aliphatic carbocycles. The predicted octanol–water partition coefficient (Wildman–Crippen LogP) is 7.38. The standard InChI is InChI=1S/C38H41ClFN3O4S/c1-27-17-21-33(22-18-27)48(46,47)43(32-20-19-28(2)34(39)24-32)26-37(44)42(25-30-13-9-10-16-35(30)40)36(23-29-11-5-3-6-12-29)38(45)41-31-14-7-4-8-15-31/h3,5-6,9-13,16-22,24,31,36H,4,7-8,14-15,23,25-26H2,1-2H3,(H,41,45)/t36-/m0/s1. The molecule has 0 radical (unpaired) electrons. The van der Waals surface area contributed by atoms with E-state index in [1.807, 2.05) is 37.3 Å². The summed E-state index contributed by atoms with van der Waals surface area (Å²) in [5, 5.41) is 3.49. The molecule has 0 heterocycles. The lowest BCUT2D eigenvalue weighted by Crippen LogP contribution is -2.55. The third kappa shape index (κ3) is 8.62. The number of nitrogens with zero attached hydrogens (tertiary/aromatic N) is 2. The summed E-state index contributed by atoms with van der Waals surface area (Å²) in [6.45, 7) is 2.76. The molecular formula is C38H41ClFN3O4S. The zero-order chi connectivity index (χ0) is 34.3. The van der Waals surface area contributed by atoms with Crippen molar-refractivity contribution in [3.8, 4) is 0 Å². The fraction of sp³-hybridized carbons (Fsp3) is 0.316. The molecule has 1 aliphatic rings. The smallest absolute Gasteiger partial charge is 0.264 e. The van der Waals surface area contributed by atoms with Crippen molar-refractivity contribution in [1.82, 2.24) is 10.2 Å². The van der Waals surface area contributed by atoms with Crippen LogP contribution >= 0.6 is 11.6 Å². The second-order valence-electron chi connectivity index (χ2n) is 12.4. The fourth-order valence-electron chi connectivity index (χ4n) is 6.01. The maximum atomic E-state index is 15.2. The average molecular weight is 690 g/mol. The summed E-state index contributed by atoms with van der Waals surface area (Å²) >= 11 is 6.46. The average Bonchev–Trinajstić information content (AvgIpc) is 3.08. The van der Waals surface area contributed by atoms with Gasteiger partial charge in [0.25, 0.3) is 10.0 Å². The van der Waals surface area contributed by atoms with Gasteiger partial charge in [-0.1, -0.05) is 103 Å². The molecule has 0 saturated heterocycles. The summed E-state index contributed by atoms with van der Waals surface area (Å²) in [6, 6.07) is 25.5. The zero-order valence-corrected chi connectivity index (χ0v) is 28.8. The van der Waals surface area contributed by atoms with Gasteiger partial charge in [-0.2, -0.15) is 0 Å². The summed E-state index contributed by atoms with van der Waals surface area (Å²) in [4.78, 5) is 30.1. The van der Waals surface area contributed by atoms with Gasteiger partial charge in [0, 0.05) is 29.6 Å². The number of sulfonamides is 1. The Kier molecular flexibility index (Phi) is 11.5. The topological polar surface area (TPSA) is 86.8 Å². The summed E-state index contributed by atoms with van der Waals surface area (Å²) in [7, 11) is -4.29. The van der Waals surface area contributed by atoms with Gasteiger partial charge < -0.3 is 10.2 Å². The Labute approximate surface area is 287 Å². The van der Waals surface area contributed by atoms with Gasteiger partial charge in [0.2, 0.25) is 11.8 Å². The molecule has 0 bridgehead atoms. The van der Waals surface area contributed by atoms with Crippen LogP contribution in [0.25, 0.3) is 0 Å². The van der Waals surface area contributed by atoms with Crippen molar-refractivity contribution < 1.29 is 22.4 Å². The quantitative estimate of drug-likeness (QED) is 0.168. The number of halogens is 2. The first-order valence-electron chi connectivity index (χ1n) is 16.3. The third-order valence-corrected chi connectivity index (χ3v) is 11.0. The van der Waals surface area contributed by atoms with E-state index in [9.17, 15) is 18.0 Å². The summed E-state index contributed by atoms with van der Waals surface area (Å²) in [5.41, 5.74) is 2.82. The fourth-order valence-corrected chi connectivity index (χ4v) is 7.59. The lowest BCUT2D eigenvalue weighted by Gasteiger charge is -2.35. The van der Waals surface area contributed by atoms with Gasteiger partial charge in [-0.3, -0.25) is 13.9 Å². The van der Waals surface area contributed by atoms with Crippen LogP contribution in [0.5, 0.6) is 0 Å². The number of rotatable bonds is 12. The van der Waals surface area contributed by atoms with Crippen LogP contribution in [0, 0.1) is 19.7 Å². The lowest BCUT2D eigenvalue weighted by molar-refractivity contribution is -0.140. The number of carbonyl (C=O) groups excluding carboxylic acids is 2. The molecule has 4 aromatic carbocycles. The molecule has 0 unspecified atom stereocenters. The molecule has 1 atom stereocenters. The van der Waals surface area contributed by atoms with Crippen LogP contribution < -0.4 is 9.62 Å². The first kappa shape index (κ1) is 35.1. The van der Waals surface area contributed by atoms with E-state index in [-0.39, 0.29) is 41.1 Å². The van der Waals surface area contributed by atoms with Crippen molar-refractivity contribution in [2.75, 3.05) is 10.8 Å². The van der Waals surface area contributed by atoms with E-state index in [1.165, 1.54) is 29.2 Å². The SMILES string of the molecule is Cc1ccc(S(=O)(=O)N(CC(=O)N(Cc2ccccc2F)[C@@H](Cc2ccccc2)C(=O)NC2CCCCC2)c2ccc(C)c(Cl)c2)cc1. The van der Waals surface area contributed by atoms with Crippen LogP contribution in [0.15, 0.2) is 102 Å². The first-order chi connectivity index (χ1) is 23.0. The number of hydrogen-bond acceptors (Lipinski definition) is 4. The highest BCUT2D eigenvalue weighted by Crippen LogP contribution is 2.29. The van der Waals surface area contributed by atoms with Crippen LogP contribution in [0.3, 0.4) is 0 Å². The summed E-state index contributed by atoms with van der Waals surface area (Å²) in [5.74, 6) is -1.55. The number of nitrogens with one attached hydrogen (secondary N) is 1. The molecule has 0 spiro atoms. The number of hydrogen-bond donors (Lipinski definition) is 1. The normalized spacial score (nSPS) is 14.2. The van der Waals surface area contributed by atoms with Crippen molar-refractivity contribution in [2.45, 2.75) is 75.9 Å². The van der Waals surface area contributed by atoms with Gasteiger partial charge in [-0.25, -0.2) is 12.8 Å². The molecule has 1 saturated carbocycles. The Morgan fingerprint density at radius 1 is 0.896 bits per heavy atom. The minimum absolute atomic E-state index is 0.00544. The molecule has 48 heavy (non-hydrogen) atoms. The summed E-state index contributed by atoms with van der Waals surface area (Å²) in [6.07, 6.45) is 4.92. The molecular weight excluding hydrogens is 649 g/mol.